The van der Waals surface area contributed by atoms with Gasteiger partial charge in [-0.05, 0) is 15.6 Å². The first-order valence-electron chi connectivity index (χ1n) is 3.94. The molecule has 14 heavy (non-hydrogen) atoms. The Bertz CT molecular complexity index is 319. The van der Waals surface area contributed by atoms with Crippen LogP contribution in [0.2, 0.25) is 0 Å². The maximum absolute atomic E-state index is 9.55. The number of nitrogens with zero attached hydrogens (tertiary/aromatic N) is 8. The zero-order valence-corrected chi connectivity index (χ0v) is 7.17. The van der Waals surface area contributed by atoms with Gasteiger partial charge in [-0.3, -0.25) is 0 Å². The summed E-state index contributed by atoms with van der Waals surface area (Å²) in [4.78, 5) is 1.30. The fourth-order valence-corrected chi connectivity index (χ4v) is 0.998. The summed E-state index contributed by atoms with van der Waals surface area (Å²) in [6.07, 6.45) is 2.09. The van der Waals surface area contributed by atoms with Crippen LogP contribution >= 0.6 is 0 Å². The molecule has 0 saturated carbocycles. The van der Waals surface area contributed by atoms with Crippen molar-refractivity contribution in [2.45, 2.75) is 19.2 Å². The number of aliphatic hydroxyl groups excluding tert-OH is 1. The molecule has 0 fully saturated rings. The van der Waals surface area contributed by atoms with Crippen LogP contribution in [0.3, 0.4) is 0 Å². The predicted molar refractivity (Wildman–Crippen MR) is 41.6 cm³/mol. The number of aliphatic hydroxyl groups is 1. The number of hydrogen-bond donors (Lipinski definition) is 1. The standard InChI is InChI=1S/C5H8N8O/c14-5(1-12-4-7-9-11-12)2-13-8-3-6-10-13/h3-5,14H,1-2H2. The van der Waals surface area contributed by atoms with Crippen LogP contribution in [0.15, 0.2) is 12.7 Å². The molecule has 2 aromatic heterocycles. The van der Waals surface area contributed by atoms with Gasteiger partial charge in [0.2, 0.25) is 0 Å². The van der Waals surface area contributed by atoms with Gasteiger partial charge in [-0.25, -0.2) is 4.68 Å². The fourth-order valence-electron chi connectivity index (χ4n) is 0.998. The van der Waals surface area contributed by atoms with Crippen LogP contribution in [-0.4, -0.2) is 51.6 Å². The lowest BCUT2D eigenvalue weighted by atomic mass is 10.3. The van der Waals surface area contributed by atoms with Gasteiger partial charge in [0, 0.05) is 0 Å². The van der Waals surface area contributed by atoms with Crippen molar-refractivity contribution in [2.75, 3.05) is 0 Å². The Morgan fingerprint density at radius 3 is 2.79 bits per heavy atom. The van der Waals surface area contributed by atoms with Crippen LogP contribution in [0.4, 0.5) is 0 Å². The summed E-state index contributed by atoms with van der Waals surface area (Å²) in [6, 6.07) is 0. The molecule has 9 nitrogen and oxygen atoms in total. The summed E-state index contributed by atoms with van der Waals surface area (Å²) in [6.45, 7) is 0.564. The van der Waals surface area contributed by atoms with Gasteiger partial charge in [-0.2, -0.15) is 4.80 Å². The highest BCUT2D eigenvalue weighted by Crippen LogP contribution is 1.91. The normalized spacial score (nSPS) is 12.9. The first kappa shape index (κ1) is 8.69. The lowest BCUT2D eigenvalue weighted by Gasteiger charge is -2.07. The van der Waals surface area contributed by atoms with Crippen LogP contribution in [0, 0.1) is 0 Å². The van der Waals surface area contributed by atoms with Crippen molar-refractivity contribution in [3.8, 4) is 0 Å². The van der Waals surface area contributed by atoms with E-state index >= 15 is 0 Å². The summed E-state index contributed by atoms with van der Waals surface area (Å²) in [5.41, 5.74) is 0. The van der Waals surface area contributed by atoms with Crippen molar-refractivity contribution in [3.63, 3.8) is 0 Å². The van der Waals surface area contributed by atoms with E-state index in [1.807, 2.05) is 0 Å². The van der Waals surface area contributed by atoms with Crippen molar-refractivity contribution >= 4 is 0 Å². The van der Waals surface area contributed by atoms with Crippen molar-refractivity contribution < 1.29 is 5.11 Å². The van der Waals surface area contributed by atoms with E-state index in [4.69, 9.17) is 0 Å². The molecule has 2 aromatic rings. The quantitative estimate of drug-likeness (QED) is 0.586. The minimum absolute atomic E-state index is 0.264. The SMILES string of the molecule is OC(Cn1cnnn1)Cn1ncnn1. The molecule has 74 valence electrons. The zero-order chi connectivity index (χ0) is 9.80. The Kier molecular flexibility index (Phi) is 2.40. The van der Waals surface area contributed by atoms with Crippen LogP contribution in [-0.2, 0) is 13.1 Å². The van der Waals surface area contributed by atoms with Gasteiger partial charge in [0.15, 0.2) is 6.33 Å². The minimum atomic E-state index is -0.646. The van der Waals surface area contributed by atoms with Gasteiger partial charge in [-0.15, -0.1) is 15.3 Å². The lowest BCUT2D eigenvalue weighted by Crippen LogP contribution is -2.23. The Labute approximate surface area is 78.3 Å². The Morgan fingerprint density at radius 2 is 2.14 bits per heavy atom. The molecule has 2 rings (SSSR count). The molecule has 1 unspecified atom stereocenters. The third-order valence-electron chi connectivity index (χ3n) is 1.55. The predicted octanol–water partition coefficient (Wildman–Crippen LogP) is -2.28. The molecule has 9 heteroatoms. The van der Waals surface area contributed by atoms with Crippen molar-refractivity contribution in [2.24, 2.45) is 0 Å². The van der Waals surface area contributed by atoms with Crippen LogP contribution in [0.1, 0.15) is 0 Å². The van der Waals surface area contributed by atoms with E-state index in [-0.39, 0.29) is 6.54 Å². The average Bonchev–Trinajstić information content (AvgIpc) is 2.76. The van der Waals surface area contributed by atoms with E-state index in [1.165, 1.54) is 22.1 Å². The highest BCUT2D eigenvalue weighted by Gasteiger charge is 2.07. The van der Waals surface area contributed by atoms with E-state index in [1.54, 1.807) is 0 Å². The van der Waals surface area contributed by atoms with Gasteiger partial charge in [-0.1, -0.05) is 0 Å². The maximum Gasteiger partial charge on any atom is 0.162 e. The first-order chi connectivity index (χ1) is 6.84. The van der Waals surface area contributed by atoms with Gasteiger partial charge in [0.05, 0.1) is 19.2 Å². The van der Waals surface area contributed by atoms with Crippen molar-refractivity contribution in [1.82, 2.24) is 40.4 Å². The minimum Gasteiger partial charge on any atom is -0.389 e. The smallest absolute Gasteiger partial charge is 0.162 e. The maximum atomic E-state index is 9.55. The summed E-state index contributed by atoms with van der Waals surface area (Å²) in [5.74, 6) is 0. The van der Waals surface area contributed by atoms with Gasteiger partial charge in [0.25, 0.3) is 0 Å². The molecule has 0 aliphatic rings. The molecular formula is C5H8N8O. The third kappa shape index (κ3) is 2.07. The molecule has 0 radical (unpaired) electrons. The fraction of sp³-hybridized carbons (Fsp3) is 0.600. The molecule has 1 atom stereocenters. The molecular weight excluding hydrogens is 188 g/mol. The number of aromatic nitrogens is 8. The summed E-state index contributed by atoms with van der Waals surface area (Å²) in [7, 11) is 0. The Balaban J connectivity index is 1.88. The summed E-state index contributed by atoms with van der Waals surface area (Å²) < 4.78 is 1.43. The highest BCUT2D eigenvalue weighted by atomic mass is 16.3. The van der Waals surface area contributed by atoms with E-state index in [0.29, 0.717) is 6.54 Å². The molecule has 2 heterocycles. The number of hydrogen-bond acceptors (Lipinski definition) is 7. The topological polar surface area (TPSA) is 107 Å². The molecule has 0 saturated heterocycles. The second-order valence-electron chi connectivity index (χ2n) is 2.68. The van der Waals surface area contributed by atoms with Gasteiger partial charge >= 0.3 is 0 Å². The van der Waals surface area contributed by atoms with Crippen LogP contribution in [0.5, 0.6) is 0 Å². The zero-order valence-electron chi connectivity index (χ0n) is 7.17. The van der Waals surface area contributed by atoms with E-state index in [9.17, 15) is 5.11 Å². The van der Waals surface area contributed by atoms with Crippen molar-refractivity contribution in [3.05, 3.63) is 12.7 Å². The second-order valence-corrected chi connectivity index (χ2v) is 2.68. The van der Waals surface area contributed by atoms with E-state index in [0.717, 1.165) is 0 Å². The van der Waals surface area contributed by atoms with E-state index < -0.39 is 6.10 Å². The Morgan fingerprint density at radius 1 is 1.21 bits per heavy atom. The molecule has 0 aromatic carbocycles. The van der Waals surface area contributed by atoms with Gasteiger partial charge in [0.1, 0.15) is 6.33 Å². The van der Waals surface area contributed by atoms with E-state index in [2.05, 4.69) is 30.9 Å². The molecule has 0 aliphatic heterocycles. The molecule has 0 bridgehead atoms. The molecule has 0 aliphatic carbocycles. The summed E-state index contributed by atoms with van der Waals surface area (Å²) >= 11 is 0. The number of tetrazole rings is 2. The monoisotopic (exact) mass is 196 g/mol. The van der Waals surface area contributed by atoms with Crippen LogP contribution < -0.4 is 0 Å². The average molecular weight is 196 g/mol. The van der Waals surface area contributed by atoms with Crippen molar-refractivity contribution in [1.29, 1.82) is 0 Å². The van der Waals surface area contributed by atoms with Crippen LogP contribution in [0.25, 0.3) is 0 Å². The molecule has 1 N–H and O–H groups in total. The third-order valence-corrected chi connectivity index (χ3v) is 1.55. The van der Waals surface area contributed by atoms with Gasteiger partial charge < -0.3 is 5.11 Å². The highest BCUT2D eigenvalue weighted by molar-refractivity contribution is 4.56. The molecule has 0 spiro atoms. The second kappa shape index (κ2) is 3.87. The lowest BCUT2D eigenvalue weighted by molar-refractivity contribution is 0.119. The largest absolute Gasteiger partial charge is 0.389 e. The molecule has 0 amide bonds. The Hall–Kier alpha value is -1.90. The summed E-state index contributed by atoms with van der Waals surface area (Å²) in [5, 5.41) is 30.9. The number of rotatable bonds is 4. The first-order valence-corrected chi connectivity index (χ1v) is 3.94.